The van der Waals surface area contributed by atoms with E-state index in [1.807, 2.05) is 36.1 Å². The maximum Gasteiger partial charge on any atom is 0.264 e. The number of nitrogens with zero attached hydrogens (tertiary/aromatic N) is 3. The molecule has 0 saturated heterocycles. The molecule has 0 N–H and O–H groups in total. The van der Waals surface area contributed by atoms with E-state index < -0.39 is 0 Å². The number of amides is 1. The Morgan fingerprint density at radius 3 is 2.67 bits per heavy atom. The third-order valence-corrected chi connectivity index (χ3v) is 5.72. The number of thiophene rings is 1. The Hall–Kier alpha value is -2.14. The summed E-state index contributed by atoms with van der Waals surface area (Å²) in [4.78, 5) is 22.0. The minimum absolute atomic E-state index is 0.115. The van der Waals surface area contributed by atoms with Crippen LogP contribution in [0.25, 0.3) is 11.0 Å². The third kappa shape index (κ3) is 4.59. The molecule has 0 saturated carbocycles. The van der Waals surface area contributed by atoms with E-state index in [0.29, 0.717) is 12.5 Å². The van der Waals surface area contributed by atoms with E-state index in [4.69, 9.17) is 4.98 Å². The molecule has 0 atom stereocenters. The third-order valence-electron chi connectivity index (χ3n) is 4.73. The van der Waals surface area contributed by atoms with Gasteiger partial charge in [0.1, 0.15) is 5.82 Å². The van der Waals surface area contributed by atoms with Crippen molar-refractivity contribution >= 4 is 28.3 Å². The number of rotatable bonds is 8. The lowest BCUT2D eigenvalue weighted by Gasteiger charge is -2.23. The number of aryl methyl sites for hydroxylation is 2. The van der Waals surface area contributed by atoms with Crippen molar-refractivity contribution in [3.63, 3.8) is 0 Å². The second-order valence-electron chi connectivity index (χ2n) is 7.49. The van der Waals surface area contributed by atoms with Gasteiger partial charge in [-0.3, -0.25) is 4.79 Å². The Morgan fingerprint density at radius 2 is 2.00 bits per heavy atom. The zero-order valence-electron chi connectivity index (χ0n) is 16.7. The number of aromatic nitrogens is 2. The summed E-state index contributed by atoms with van der Waals surface area (Å²) in [5.74, 6) is 1.65. The van der Waals surface area contributed by atoms with E-state index in [9.17, 15) is 4.79 Å². The minimum Gasteiger partial charge on any atom is -0.330 e. The SMILES string of the molecule is CCCn1c(CN(CCC(C)C)C(=O)c2ccc(C)s2)nc2ccccc21. The Labute approximate surface area is 165 Å². The normalized spacial score (nSPS) is 11.4. The van der Waals surface area contributed by atoms with Gasteiger partial charge in [0.2, 0.25) is 0 Å². The molecular weight excluding hydrogens is 354 g/mol. The van der Waals surface area contributed by atoms with E-state index >= 15 is 0 Å². The highest BCUT2D eigenvalue weighted by Crippen LogP contribution is 2.22. The quantitative estimate of drug-likeness (QED) is 0.515. The molecule has 3 aromatic rings. The summed E-state index contributed by atoms with van der Waals surface area (Å²) in [5, 5.41) is 0. The Balaban J connectivity index is 1.92. The number of imidazole rings is 1. The van der Waals surface area contributed by atoms with Crippen LogP contribution in [0.3, 0.4) is 0 Å². The lowest BCUT2D eigenvalue weighted by Crippen LogP contribution is -2.32. The molecule has 0 aliphatic heterocycles. The molecule has 5 heteroatoms. The number of hydrogen-bond acceptors (Lipinski definition) is 3. The van der Waals surface area contributed by atoms with Crippen molar-refractivity contribution in [2.24, 2.45) is 5.92 Å². The zero-order chi connectivity index (χ0) is 19.4. The molecule has 2 aromatic heterocycles. The largest absolute Gasteiger partial charge is 0.330 e. The number of hydrogen-bond donors (Lipinski definition) is 0. The van der Waals surface area contributed by atoms with Gasteiger partial charge in [-0.15, -0.1) is 11.3 Å². The molecule has 4 nitrogen and oxygen atoms in total. The Morgan fingerprint density at radius 1 is 1.22 bits per heavy atom. The van der Waals surface area contributed by atoms with E-state index in [1.165, 1.54) is 4.88 Å². The van der Waals surface area contributed by atoms with Gasteiger partial charge in [0.25, 0.3) is 5.91 Å². The molecule has 144 valence electrons. The molecular formula is C22H29N3OS. The van der Waals surface area contributed by atoms with Gasteiger partial charge in [0, 0.05) is 18.0 Å². The van der Waals surface area contributed by atoms with Crippen molar-refractivity contribution in [3.05, 3.63) is 52.0 Å². The van der Waals surface area contributed by atoms with Gasteiger partial charge in [-0.05, 0) is 49.9 Å². The van der Waals surface area contributed by atoms with E-state index in [-0.39, 0.29) is 5.91 Å². The lowest BCUT2D eigenvalue weighted by atomic mass is 10.1. The van der Waals surface area contributed by atoms with Crippen LogP contribution in [0.4, 0.5) is 0 Å². The van der Waals surface area contributed by atoms with Gasteiger partial charge in [-0.25, -0.2) is 4.98 Å². The van der Waals surface area contributed by atoms with Gasteiger partial charge < -0.3 is 9.47 Å². The first-order valence-corrected chi connectivity index (χ1v) is 10.6. The van der Waals surface area contributed by atoms with Crippen molar-refractivity contribution in [1.82, 2.24) is 14.5 Å². The summed E-state index contributed by atoms with van der Waals surface area (Å²) in [6.07, 6.45) is 2.03. The maximum absolute atomic E-state index is 13.2. The molecule has 0 unspecified atom stereocenters. The highest BCUT2D eigenvalue weighted by molar-refractivity contribution is 7.13. The van der Waals surface area contributed by atoms with E-state index in [1.54, 1.807) is 11.3 Å². The molecule has 2 heterocycles. The number of benzene rings is 1. The molecule has 0 aliphatic carbocycles. The Kier molecular flexibility index (Phi) is 6.32. The lowest BCUT2D eigenvalue weighted by molar-refractivity contribution is 0.0734. The van der Waals surface area contributed by atoms with Gasteiger partial charge in [0.05, 0.1) is 22.5 Å². The Bertz CT molecular complexity index is 909. The van der Waals surface area contributed by atoms with Crippen LogP contribution in [0, 0.1) is 12.8 Å². The second kappa shape index (κ2) is 8.70. The topological polar surface area (TPSA) is 38.1 Å². The van der Waals surface area contributed by atoms with E-state index in [2.05, 4.69) is 37.5 Å². The zero-order valence-corrected chi connectivity index (χ0v) is 17.6. The monoisotopic (exact) mass is 383 g/mol. The van der Waals surface area contributed by atoms with Gasteiger partial charge in [-0.2, -0.15) is 0 Å². The number of carbonyl (C=O) groups is 1. The van der Waals surface area contributed by atoms with Crippen molar-refractivity contribution < 1.29 is 4.79 Å². The summed E-state index contributed by atoms with van der Waals surface area (Å²) in [6, 6.07) is 12.2. The van der Waals surface area contributed by atoms with Crippen LogP contribution in [-0.4, -0.2) is 26.9 Å². The van der Waals surface area contributed by atoms with Crippen LogP contribution in [0.1, 0.15) is 54.0 Å². The van der Waals surface area contributed by atoms with Crippen LogP contribution < -0.4 is 0 Å². The van der Waals surface area contributed by atoms with Gasteiger partial charge >= 0.3 is 0 Å². The number of fused-ring (bicyclic) bond motifs is 1. The minimum atomic E-state index is 0.115. The van der Waals surface area contributed by atoms with Crippen LogP contribution in [-0.2, 0) is 13.1 Å². The number of carbonyl (C=O) groups excluding carboxylic acids is 1. The standard InChI is InChI=1S/C22H29N3OS/c1-5-13-25-19-9-7-6-8-18(19)23-21(25)15-24(14-12-16(2)3)22(26)20-11-10-17(4)27-20/h6-11,16H,5,12-15H2,1-4H3. The fraction of sp³-hybridized carbons (Fsp3) is 0.455. The molecule has 0 radical (unpaired) electrons. The first-order valence-electron chi connectivity index (χ1n) is 9.79. The van der Waals surface area contributed by atoms with Gasteiger partial charge in [0.15, 0.2) is 0 Å². The van der Waals surface area contributed by atoms with Crippen molar-refractivity contribution in [2.45, 2.75) is 53.6 Å². The molecule has 3 rings (SSSR count). The highest BCUT2D eigenvalue weighted by Gasteiger charge is 2.21. The molecule has 1 aromatic carbocycles. The van der Waals surface area contributed by atoms with Crippen LogP contribution in [0.15, 0.2) is 36.4 Å². The fourth-order valence-corrected chi connectivity index (χ4v) is 4.10. The van der Waals surface area contributed by atoms with Crippen LogP contribution >= 0.6 is 11.3 Å². The van der Waals surface area contributed by atoms with Crippen LogP contribution in [0.5, 0.6) is 0 Å². The molecule has 27 heavy (non-hydrogen) atoms. The molecule has 0 spiro atoms. The maximum atomic E-state index is 13.2. The summed E-state index contributed by atoms with van der Waals surface area (Å²) in [6.45, 7) is 10.8. The van der Waals surface area contributed by atoms with Crippen molar-refractivity contribution in [3.8, 4) is 0 Å². The average Bonchev–Trinajstić information content (AvgIpc) is 3.22. The molecule has 0 fully saturated rings. The van der Waals surface area contributed by atoms with Crippen LogP contribution in [0.2, 0.25) is 0 Å². The molecule has 0 aliphatic rings. The summed E-state index contributed by atoms with van der Waals surface area (Å²) < 4.78 is 2.27. The highest BCUT2D eigenvalue weighted by atomic mass is 32.1. The van der Waals surface area contributed by atoms with Crippen molar-refractivity contribution in [2.75, 3.05) is 6.54 Å². The average molecular weight is 384 g/mol. The predicted octanol–water partition coefficient (Wildman–Crippen LogP) is 5.50. The molecule has 0 bridgehead atoms. The summed E-state index contributed by atoms with van der Waals surface area (Å²) in [5.41, 5.74) is 2.15. The van der Waals surface area contributed by atoms with E-state index in [0.717, 1.165) is 47.7 Å². The van der Waals surface area contributed by atoms with Gasteiger partial charge in [-0.1, -0.05) is 32.9 Å². The number of para-hydroxylation sites is 2. The second-order valence-corrected chi connectivity index (χ2v) is 8.78. The summed E-state index contributed by atoms with van der Waals surface area (Å²) >= 11 is 1.57. The first-order chi connectivity index (χ1) is 13.0. The smallest absolute Gasteiger partial charge is 0.264 e. The first kappa shape index (κ1) is 19.6. The molecule has 1 amide bonds. The summed E-state index contributed by atoms with van der Waals surface area (Å²) in [7, 11) is 0. The fourth-order valence-electron chi connectivity index (χ4n) is 3.26. The van der Waals surface area contributed by atoms with Crippen molar-refractivity contribution in [1.29, 1.82) is 0 Å². The predicted molar refractivity (Wildman–Crippen MR) is 113 cm³/mol.